The molecule has 0 saturated carbocycles. The van der Waals surface area contributed by atoms with E-state index in [9.17, 15) is 9.59 Å². The van der Waals surface area contributed by atoms with Gasteiger partial charge in [-0.1, -0.05) is 18.2 Å². The Balaban J connectivity index is 1.92. The summed E-state index contributed by atoms with van der Waals surface area (Å²) in [6.45, 7) is 5.81. The molecule has 6 nitrogen and oxygen atoms in total. The van der Waals surface area contributed by atoms with E-state index in [1.54, 1.807) is 20.8 Å². The van der Waals surface area contributed by atoms with Crippen LogP contribution >= 0.6 is 0 Å². The predicted octanol–water partition coefficient (Wildman–Crippen LogP) is 2.96. The molecule has 1 aliphatic rings. The van der Waals surface area contributed by atoms with Gasteiger partial charge in [-0.05, 0) is 45.7 Å². The summed E-state index contributed by atoms with van der Waals surface area (Å²) in [7, 11) is 0. The van der Waals surface area contributed by atoms with Crippen molar-refractivity contribution in [1.82, 2.24) is 5.06 Å². The van der Waals surface area contributed by atoms with E-state index in [1.165, 1.54) is 5.06 Å². The number of benzene rings is 1. The summed E-state index contributed by atoms with van der Waals surface area (Å²) in [6.07, 6.45) is 0.642. The zero-order valence-electron chi connectivity index (χ0n) is 13.2. The molecule has 1 unspecified atom stereocenters. The highest BCUT2D eigenvalue weighted by molar-refractivity contribution is 5.94. The van der Waals surface area contributed by atoms with Crippen molar-refractivity contribution < 1.29 is 19.2 Å². The van der Waals surface area contributed by atoms with Crippen molar-refractivity contribution in [2.45, 2.75) is 45.3 Å². The molecule has 0 aliphatic carbocycles. The molecule has 1 saturated heterocycles. The highest BCUT2D eigenvalue weighted by atomic mass is 16.8. The van der Waals surface area contributed by atoms with Crippen molar-refractivity contribution in [1.29, 1.82) is 0 Å². The van der Waals surface area contributed by atoms with Crippen molar-refractivity contribution >= 4 is 17.7 Å². The molecule has 1 amide bonds. The van der Waals surface area contributed by atoms with Gasteiger partial charge in [0.25, 0.3) is 0 Å². The molecule has 120 valence electrons. The Morgan fingerprint density at radius 2 is 1.91 bits per heavy atom. The van der Waals surface area contributed by atoms with E-state index in [0.29, 0.717) is 13.0 Å². The maximum Gasteiger partial charge on any atom is 0.528 e. The molecule has 0 radical (unpaired) electrons. The second kappa shape index (κ2) is 6.79. The lowest BCUT2D eigenvalue weighted by atomic mass is 10.2. The van der Waals surface area contributed by atoms with Crippen molar-refractivity contribution in [3.63, 3.8) is 0 Å². The normalized spacial score (nSPS) is 18.8. The minimum absolute atomic E-state index is 0.188. The van der Waals surface area contributed by atoms with Crippen LogP contribution in [-0.4, -0.2) is 35.3 Å². The first-order valence-electron chi connectivity index (χ1n) is 7.39. The summed E-state index contributed by atoms with van der Waals surface area (Å²) in [6, 6.07) is 8.70. The fourth-order valence-corrected chi connectivity index (χ4v) is 2.22. The van der Waals surface area contributed by atoms with Crippen LogP contribution in [0.2, 0.25) is 0 Å². The number of para-hydroxylation sites is 1. The smallest absolute Gasteiger partial charge is 0.427 e. The number of ether oxygens (including phenoxy) is 1. The molecule has 1 fully saturated rings. The lowest BCUT2D eigenvalue weighted by molar-refractivity contribution is -0.159. The van der Waals surface area contributed by atoms with Crippen LogP contribution in [0.15, 0.2) is 30.3 Å². The third-order valence-electron chi connectivity index (χ3n) is 3.13. The molecule has 1 aliphatic heterocycles. The second-order valence-corrected chi connectivity index (χ2v) is 6.21. The Bertz CT molecular complexity index is 525. The van der Waals surface area contributed by atoms with Crippen LogP contribution in [0.1, 0.15) is 33.6 Å². The van der Waals surface area contributed by atoms with Gasteiger partial charge >= 0.3 is 6.16 Å². The van der Waals surface area contributed by atoms with Crippen LogP contribution in [0.3, 0.4) is 0 Å². The van der Waals surface area contributed by atoms with Gasteiger partial charge in [0.05, 0.1) is 0 Å². The molecule has 2 rings (SSSR count). The molecule has 1 aromatic carbocycles. The van der Waals surface area contributed by atoms with Crippen molar-refractivity contribution in [3.8, 4) is 0 Å². The Morgan fingerprint density at radius 1 is 1.23 bits per heavy atom. The van der Waals surface area contributed by atoms with Crippen LogP contribution < -0.4 is 5.32 Å². The first kappa shape index (κ1) is 16.3. The fourth-order valence-electron chi connectivity index (χ4n) is 2.22. The number of carbonyl (C=O) groups is 2. The average molecular weight is 306 g/mol. The minimum atomic E-state index is -0.785. The second-order valence-electron chi connectivity index (χ2n) is 6.21. The summed E-state index contributed by atoms with van der Waals surface area (Å²) < 4.78 is 5.11. The van der Waals surface area contributed by atoms with Crippen LogP contribution in [0.4, 0.5) is 10.5 Å². The zero-order chi connectivity index (χ0) is 16.2. The highest BCUT2D eigenvalue weighted by Gasteiger charge is 2.35. The minimum Gasteiger partial charge on any atom is -0.427 e. The van der Waals surface area contributed by atoms with Gasteiger partial charge in [-0.25, -0.2) is 4.79 Å². The summed E-state index contributed by atoms with van der Waals surface area (Å²) in [5.74, 6) is -0.188. The standard InChI is InChI=1S/C16H22N2O4/c1-16(2,3)21-15(20)22-18-11-7-10-13(18)14(19)17-12-8-5-4-6-9-12/h4-6,8-9,13H,7,10-11H2,1-3H3,(H,17,19). The molecule has 1 aromatic rings. The fraction of sp³-hybridized carbons (Fsp3) is 0.500. The van der Waals surface area contributed by atoms with Crippen LogP contribution in [0.25, 0.3) is 0 Å². The van der Waals surface area contributed by atoms with Gasteiger partial charge in [-0.3, -0.25) is 4.79 Å². The molecule has 6 heteroatoms. The third-order valence-corrected chi connectivity index (χ3v) is 3.13. The lowest BCUT2D eigenvalue weighted by Crippen LogP contribution is -2.41. The number of hydrogen-bond acceptors (Lipinski definition) is 5. The third kappa shape index (κ3) is 4.73. The molecule has 1 atom stereocenters. The summed E-state index contributed by atoms with van der Waals surface area (Å²) >= 11 is 0. The Labute approximate surface area is 130 Å². The average Bonchev–Trinajstić information content (AvgIpc) is 2.85. The summed E-state index contributed by atoms with van der Waals surface area (Å²) in [5.41, 5.74) is 0.0927. The van der Waals surface area contributed by atoms with Crippen molar-refractivity contribution in [2.24, 2.45) is 0 Å². The number of rotatable bonds is 3. The Morgan fingerprint density at radius 3 is 2.55 bits per heavy atom. The number of nitrogens with zero attached hydrogens (tertiary/aromatic N) is 1. The largest absolute Gasteiger partial charge is 0.528 e. The SMILES string of the molecule is CC(C)(C)OC(=O)ON1CCCC1C(=O)Nc1ccccc1. The highest BCUT2D eigenvalue weighted by Crippen LogP contribution is 2.21. The quantitative estimate of drug-likeness (QED) is 0.870. The van der Waals surface area contributed by atoms with Crippen molar-refractivity contribution in [3.05, 3.63) is 30.3 Å². The summed E-state index contributed by atoms with van der Waals surface area (Å²) in [5, 5.41) is 4.22. The van der Waals surface area contributed by atoms with E-state index in [-0.39, 0.29) is 5.91 Å². The van der Waals surface area contributed by atoms with E-state index < -0.39 is 17.8 Å². The van der Waals surface area contributed by atoms with Gasteiger partial charge in [0.1, 0.15) is 11.6 Å². The van der Waals surface area contributed by atoms with E-state index in [2.05, 4.69) is 5.32 Å². The first-order valence-corrected chi connectivity index (χ1v) is 7.39. The number of hydroxylamine groups is 2. The van der Waals surface area contributed by atoms with Crippen LogP contribution in [-0.2, 0) is 14.4 Å². The molecule has 22 heavy (non-hydrogen) atoms. The van der Waals surface area contributed by atoms with E-state index in [0.717, 1.165) is 12.1 Å². The first-order chi connectivity index (χ1) is 10.3. The van der Waals surface area contributed by atoms with Gasteiger partial charge < -0.3 is 14.9 Å². The van der Waals surface area contributed by atoms with Gasteiger partial charge in [0.2, 0.25) is 5.91 Å². The predicted molar refractivity (Wildman–Crippen MR) is 82.1 cm³/mol. The lowest BCUT2D eigenvalue weighted by Gasteiger charge is -2.25. The van der Waals surface area contributed by atoms with Gasteiger partial charge in [-0.15, -0.1) is 5.06 Å². The topological polar surface area (TPSA) is 67.9 Å². The molecule has 0 spiro atoms. The molecular formula is C16H22N2O4. The maximum absolute atomic E-state index is 12.3. The number of amides is 1. The molecule has 0 aromatic heterocycles. The number of nitrogens with one attached hydrogen (secondary N) is 1. The molecule has 0 bridgehead atoms. The Kier molecular flexibility index (Phi) is 5.03. The maximum atomic E-state index is 12.3. The van der Waals surface area contributed by atoms with E-state index in [4.69, 9.17) is 9.57 Å². The van der Waals surface area contributed by atoms with Crippen molar-refractivity contribution in [2.75, 3.05) is 11.9 Å². The van der Waals surface area contributed by atoms with E-state index >= 15 is 0 Å². The van der Waals surface area contributed by atoms with Crippen LogP contribution in [0, 0.1) is 0 Å². The molecule has 1 heterocycles. The number of hydrogen-bond donors (Lipinski definition) is 1. The van der Waals surface area contributed by atoms with Gasteiger partial charge in [0.15, 0.2) is 0 Å². The zero-order valence-corrected chi connectivity index (χ0v) is 13.2. The monoisotopic (exact) mass is 306 g/mol. The number of anilines is 1. The van der Waals surface area contributed by atoms with Gasteiger partial charge in [0, 0.05) is 12.2 Å². The molecule has 1 N–H and O–H groups in total. The Hall–Kier alpha value is -2.08. The van der Waals surface area contributed by atoms with Gasteiger partial charge in [-0.2, -0.15) is 0 Å². The van der Waals surface area contributed by atoms with E-state index in [1.807, 2.05) is 30.3 Å². The number of carbonyl (C=O) groups excluding carboxylic acids is 2. The van der Waals surface area contributed by atoms with Crippen LogP contribution in [0.5, 0.6) is 0 Å². The summed E-state index contributed by atoms with van der Waals surface area (Å²) in [4.78, 5) is 29.2. The molecular weight excluding hydrogens is 284 g/mol.